The van der Waals surface area contributed by atoms with E-state index >= 15 is 0 Å². The van der Waals surface area contributed by atoms with Gasteiger partial charge >= 0.3 is 0 Å². The smallest absolute Gasteiger partial charge is 0.272 e. The summed E-state index contributed by atoms with van der Waals surface area (Å²) in [5.74, 6) is 1.83. The van der Waals surface area contributed by atoms with Gasteiger partial charge in [-0.1, -0.05) is 23.7 Å². The molecule has 1 amide bonds. The van der Waals surface area contributed by atoms with Crippen LogP contribution in [0.2, 0.25) is 0 Å². The Bertz CT molecular complexity index is 1300. The van der Waals surface area contributed by atoms with Gasteiger partial charge in [0.1, 0.15) is 16.4 Å². The lowest BCUT2D eigenvalue weighted by atomic mass is 9.82. The van der Waals surface area contributed by atoms with Gasteiger partial charge in [-0.2, -0.15) is 5.21 Å². The third-order valence-corrected chi connectivity index (χ3v) is 7.29. The number of amides is 1. The SMILES string of the molecule is COc1cc2c(Oc3ccc(C4CCCC(O)C4)cc3)c(C(=O)Nc3nn[nH]n3)sc2cc1C. The molecule has 2 atom stereocenters. The Labute approximate surface area is 200 Å². The number of thiophene rings is 1. The molecular weight excluding hydrogens is 454 g/mol. The monoisotopic (exact) mass is 479 g/mol. The summed E-state index contributed by atoms with van der Waals surface area (Å²) in [6.45, 7) is 1.96. The van der Waals surface area contributed by atoms with Crippen molar-refractivity contribution in [3.05, 3.63) is 52.4 Å². The highest BCUT2D eigenvalue weighted by Crippen LogP contribution is 2.43. The van der Waals surface area contributed by atoms with Gasteiger partial charge in [0.05, 0.1) is 13.2 Å². The molecule has 2 aromatic carbocycles. The predicted molar refractivity (Wildman–Crippen MR) is 129 cm³/mol. The second kappa shape index (κ2) is 9.40. The van der Waals surface area contributed by atoms with E-state index in [1.54, 1.807) is 7.11 Å². The van der Waals surface area contributed by atoms with Crippen LogP contribution in [0, 0.1) is 6.92 Å². The molecule has 5 rings (SSSR count). The van der Waals surface area contributed by atoms with Crippen LogP contribution in [0.25, 0.3) is 10.1 Å². The Hall–Kier alpha value is -3.50. The van der Waals surface area contributed by atoms with Crippen LogP contribution < -0.4 is 14.8 Å². The summed E-state index contributed by atoms with van der Waals surface area (Å²) in [6, 6.07) is 11.8. The number of aromatic amines is 1. The molecule has 1 saturated carbocycles. The molecule has 1 aliphatic carbocycles. The van der Waals surface area contributed by atoms with Gasteiger partial charge in [0.2, 0.25) is 0 Å². The number of anilines is 1. The number of fused-ring (bicyclic) bond motifs is 1. The highest BCUT2D eigenvalue weighted by Gasteiger charge is 2.24. The number of H-pyrrole nitrogens is 1. The van der Waals surface area contributed by atoms with Gasteiger partial charge in [-0.15, -0.1) is 16.4 Å². The topological polar surface area (TPSA) is 122 Å². The summed E-state index contributed by atoms with van der Waals surface area (Å²) < 4.78 is 12.7. The van der Waals surface area contributed by atoms with Gasteiger partial charge < -0.3 is 14.6 Å². The van der Waals surface area contributed by atoms with Gasteiger partial charge in [0.25, 0.3) is 11.9 Å². The van der Waals surface area contributed by atoms with Crippen LogP contribution in [0.1, 0.15) is 52.4 Å². The van der Waals surface area contributed by atoms with Crippen molar-refractivity contribution >= 4 is 33.3 Å². The highest BCUT2D eigenvalue weighted by atomic mass is 32.1. The van der Waals surface area contributed by atoms with Crippen molar-refractivity contribution in [1.82, 2.24) is 20.6 Å². The molecular formula is C24H25N5O4S. The van der Waals surface area contributed by atoms with Crippen molar-refractivity contribution in [3.8, 4) is 17.2 Å². The van der Waals surface area contributed by atoms with Crippen LogP contribution in [0.15, 0.2) is 36.4 Å². The number of tetrazole rings is 1. The zero-order chi connectivity index (χ0) is 23.7. The fraction of sp³-hybridized carbons (Fsp3) is 0.333. The van der Waals surface area contributed by atoms with Crippen LogP contribution in [-0.2, 0) is 0 Å². The minimum absolute atomic E-state index is 0.0844. The van der Waals surface area contributed by atoms with Gasteiger partial charge in [0.15, 0.2) is 5.75 Å². The molecule has 0 bridgehead atoms. The highest BCUT2D eigenvalue weighted by molar-refractivity contribution is 7.21. The van der Waals surface area contributed by atoms with E-state index < -0.39 is 0 Å². The predicted octanol–water partition coefficient (Wildman–Crippen LogP) is 4.79. The minimum atomic E-state index is -0.387. The Morgan fingerprint density at radius 2 is 2.06 bits per heavy atom. The number of hydrogen-bond donors (Lipinski definition) is 3. The summed E-state index contributed by atoms with van der Waals surface area (Å²) in [6.07, 6.45) is 3.54. The number of nitrogens with zero attached hydrogens (tertiary/aromatic N) is 3. The van der Waals surface area contributed by atoms with Crippen LogP contribution in [-0.4, -0.2) is 44.9 Å². The third-order valence-electron chi connectivity index (χ3n) is 6.15. The maximum absolute atomic E-state index is 13.1. The van der Waals surface area contributed by atoms with E-state index in [0.29, 0.717) is 28.0 Å². The number of carbonyl (C=O) groups is 1. The number of ether oxygens (including phenoxy) is 2. The summed E-state index contributed by atoms with van der Waals surface area (Å²) in [7, 11) is 1.62. The second-order valence-electron chi connectivity index (χ2n) is 8.46. The molecule has 9 nitrogen and oxygen atoms in total. The standard InChI is InChI=1S/C24H25N5O4S/c1-13-10-20-18(12-19(13)32-2)21(22(34-20)23(31)25-24-26-28-29-27-24)33-17-8-6-14(7-9-17)15-4-3-5-16(30)11-15/h6-10,12,15-16,30H,3-5,11H2,1-2H3,(H2,25,26,27,28,29,31). The van der Waals surface area contributed by atoms with Crippen molar-refractivity contribution in [2.24, 2.45) is 0 Å². The van der Waals surface area contributed by atoms with Crippen LogP contribution in [0.4, 0.5) is 5.95 Å². The molecule has 4 aromatic rings. The lowest BCUT2D eigenvalue weighted by Gasteiger charge is -2.26. The summed E-state index contributed by atoms with van der Waals surface area (Å²) in [4.78, 5) is 13.5. The number of carbonyl (C=O) groups excluding carboxylic acids is 1. The Kier molecular flexibility index (Phi) is 6.16. The molecule has 2 unspecified atom stereocenters. The molecule has 0 saturated heterocycles. The van der Waals surface area contributed by atoms with Crippen LogP contribution >= 0.6 is 11.3 Å². The molecule has 0 radical (unpaired) electrons. The van der Waals surface area contributed by atoms with Gasteiger partial charge in [-0.05, 0) is 72.7 Å². The number of benzene rings is 2. The fourth-order valence-electron chi connectivity index (χ4n) is 4.44. The van der Waals surface area contributed by atoms with Crippen molar-refractivity contribution in [3.63, 3.8) is 0 Å². The largest absolute Gasteiger partial charge is 0.496 e. The van der Waals surface area contributed by atoms with E-state index in [1.807, 2.05) is 43.3 Å². The van der Waals surface area contributed by atoms with Crippen molar-refractivity contribution in [2.75, 3.05) is 12.4 Å². The number of hydrogen-bond acceptors (Lipinski definition) is 8. The molecule has 2 aromatic heterocycles. The van der Waals surface area contributed by atoms with Crippen molar-refractivity contribution in [2.45, 2.75) is 44.6 Å². The zero-order valence-corrected chi connectivity index (χ0v) is 19.7. The maximum atomic E-state index is 13.1. The quantitative estimate of drug-likeness (QED) is 0.363. The number of nitrogens with one attached hydrogen (secondary N) is 2. The van der Waals surface area contributed by atoms with Gasteiger partial charge in [-0.3, -0.25) is 10.1 Å². The van der Waals surface area contributed by atoms with E-state index in [9.17, 15) is 9.90 Å². The molecule has 2 heterocycles. The zero-order valence-electron chi connectivity index (χ0n) is 18.9. The first-order valence-corrected chi connectivity index (χ1v) is 11.9. The third kappa shape index (κ3) is 4.46. The number of aryl methyl sites for hydroxylation is 1. The van der Waals surface area contributed by atoms with E-state index in [0.717, 1.165) is 41.3 Å². The first-order chi connectivity index (χ1) is 16.5. The lowest BCUT2D eigenvalue weighted by molar-refractivity contribution is 0.102. The average molecular weight is 480 g/mol. The van der Waals surface area contributed by atoms with E-state index in [-0.39, 0.29) is 18.0 Å². The number of rotatable bonds is 6. The molecule has 1 fully saturated rings. The number of methoxy groups -OCH3 is 1. The first kappa shape index (κ1) is 22.3. The van der Waals surface area contributed by atoms with Crippen LogP contribution in [0.3, 0.4) is 0 Å². The molecule has 10 heteroatoms. The molecule has 0 aliphatic heterocycles. The normalized spacial score (nSPS) is 18.1. The van der Waals surface area contributed by atoms with E-state index in [1.165, 1.54) is 16.9 Å². The molecule has 0 spiro atoms. The summed E-state index contributed by atoms with van der Waals surface area (Å²) in [5.41, 5.74) is 2.15. The Balaban J connectivity index is 1.48. The van der Waals surface area contributed by atoms with Gasteiger partial charge in [-0.25, -0.2) is 0 Å². The average Bonchev–Trinajstić information content (AvgIpc) is 3.47. The molecule has 3 N–H and O–H groups in total. The van der Waals surface area contributed by atoms with Crippen LogP contribution in [0.5, 0.6) is 17.2 Å². The molecule has 176 valence electrons. The second-order valence-corrected chi connectivity index (χ2v) is 9.51. The van der Waals surface area contributed by atoms with E-state index in [2.05, 4.69) is 25.9 Å². The van der Waals surface area contributed by atoms with Gasteiger partial charge in [0, 0.05) is 10.1 Å². The Morgan fingerprint density at radius 1 is 1.24 bits per heavy atom. The maximum Gasteiger partial charge on any atom is 0.272 e. The first-order valence-electron chi connectivity index (χ1n) is 11.1. The number of aromatic nitrogens is 4. The molecule has 1 aliphatic rings. The summed E-state index contributed by atoms with van der Waals surface area (Å²) in [5, 5.41) is 26.8. The van der Waals surface area contributed by atoms with Crippen molar-refractivity contribution < 1.29 is 19.4 Å². The van der Waals surface area contributed by atoms with E-state index in [4.69, 9.17) is 9.47 Å². The number of aliphatic hydroxyl groups excluding tert-OH is 1. The molecule has 34 heavy (non-hydrogen) atoms. The van der Waals surface area contributed by atoms with Crippen molar-refractivity contribution in [1.29, 1.82) is 0 Å². The Morgan fingerprint density at radius 3 is 2.76 bits per heavy atom. The number of aliphatic hydroxyl groups is 1. The fourth-order valence-corrected chi connectivity index (χ4v) is 5.54. The minimum Gasteiger partial charge on any atom is -0.496 e. The summed E-state index contributed by atoms with van der Waals surface area (Å²) >= 11 is 1.33. The lowest BCUT2D eigenvalue weighted by Crippen LogP contribution is -2.18.